The molecule has 0 aliphatic rings. The molecule has 0 heterocycles. The summed E-state index contributed by atoms with van der Waals surface area (Å²) < 4.78 is 16.9. The lowest BCUT2D eigenvalue weighted by molar-refractivity contribution is -0.167. The molecule has 0 saturated carbocycles. The van der Waals surface area contributed by atoms with Crippen LogP contribution in [0.4, 0.5) is 0 Å². The van der Waals surface area contributed by atoms with Crippen molar-refractivity contribution < 1.29 is 28.6 Å². The van der Waals surface area contributed by atoms with Gasteiger partial charge in [0.1, 0.15) is 13.2 Å². The van der Waals surface area contributed by atoms with Gasteiger partial charge in [0, 0.05) is 19.3 Å². The van der Waals surface area contributed by atoms with Gasteiger partial charge in [0.25, 0.3) is 0 Å². The Hall–Kier alpha value is -3.93. The lowest BCUT2D eigenvalue weighted by Crippen LogP contribution is -2.30. The van der Waals surface area contributed by atoms with Crippen LogP contribution in [0.1, 0.15) is 342 Å². The van der Waals surface area contributed by atoms with Crippen molar-refractivity contribution in [3.05, 3.63) is 109 Å². The second-order valence-electron chi connectivity index (χ2n) is 23.4. The molecule has 83 heavy (non-hydrogen) atoms. The molecule has 1 unspecified atom stereocenters. The minimum absolute atomic E-state index is 0.0855. The highest BCUT2D eigenvalue weighted by Gasteiger charge is 2.19. The third-order valence-electron chi connectivity index (χ3n) is 15.2. The van der Waals surface area contributed by atoms with Crippen LogP contribution < -0.4 is 0 Å². The first-order valence-corrected chi connectivity index (χ1v) is 35.4. The molecule has 6 nitrogen and oxygen atoms in total. The normalized spacial score (nSPS) is 12.8. The van der Waals surface area contributed by atoms with Crippen molar-refractivity contribution in [3.8, 4) is 0 Å². The van der Waals surface area contributed by atoms with E-state index in [1.807, 2.05) is 0 Å². The Kier molecular flexibility index (Phi) is 67.2. The molecule has 0 fully saturated rings. The molecular weight excluding hydrogens is 1020 g/mol. The van der Waals surface area contributed by atoms with Gasteiger partial charge in [-0.25, -0.2) is 0 Å². The molecule has 0 radical (unpaired) electrons. The van der Waals surface area contributed by atoms with Crippen LogP contribution in [0, 0.1) is 0 Å². The Morgan fingerprint density at radius 2 is 0.482 bits per heavy atom. The second kappa shape index (κ2) is 70.6. The van der Waals surface area contributed by atoms with Crippen LogP contribution in [-0.4, -0.2) is 37.2 Å². The average Bonchev–Trinajstić information content (AvgIpc) is 3.48. The minimum atomic E-state index is -0.792. The Morgan fingerprint density at radius 3 is 0.783 bits per heavy atom. The fraction of sp³-hybridized carbons (Fsp3) is 0.727. The number of ether oxygens (including phenoxy) is 3. The predicted molar refractivity (Wildman–Crippen MR) is 362 cm³/mol. The van der Waals surface area contributed by atoms with Crippen LogP contribution >= 0.6 is 0 Å². The fourth-order valence-electron chi connectivity index (χ4n) is 9.93. The van der Waals surface area contributed by atoms with Crippen LogP contribution in [-0.2, 0) is 28.6 Å². The molecule has 0 amide bonds. The van der Waals surface area contributed by atoms with Gasteiger partial charge < -0.3 is 14.2 Å². The van der Waals surface area contributed by atoms with Crippen molar-refractivity contribution in [2.45, 2.75) is 348 Å². The van der Waals surface area contributed by atoms with Crippen molar-refractivity contribution in [2.75, 3.05) is 13.2 Å². The molecule has 0 bridgehead atoms. The van der Waals surface area contributed by atoms with Crippen LogP contribution in [0.2, 0.25) is 0 Å². The molecule has 1 atom stereocenters. The average molecular weight is 1150 g/mol. The summed E-state index contributed by atoms with van der Waals surface area (Å²) in [6, 6.07) is 0. The smallest absolute Gasteiger partial charge is 0.306 e. The molecule has 6 heteroatoms. The van der Waals surface area contributed by atoms with Crippen molar-refractivity contribution >= 4 is 17.9 Å². The van der Waals surface area contributed by atoms with E-state index in [2.05, 4.69) is 130 Å². The van der Waals surface area contributed by atoms with Crippen LogP contribution in [0.3, 0.4) is 0 Å². The summed E-state index contributed by atoms with van der Waals surface area (Å²) in [5, 5.41) is 0. The lowest BCUT2D eigenvalue weighted by Gasteiger charge is -2.18. The molecule has 0 rings (SSSR count). The number of carbonyl (C=O) groups is 3. The highest BCUT2D eigenvalue weighted by Crippen LogP contribution is 2.17. The standard InChI is InChI=1S/C77H132O6/c1-4-7-10-13-16-19-22-24-26-28-30-32-34-36-37-38-39-41-42-44-46-48-50-52-55-58-61-64-67-70-76(79)82-73-74(72-81-75(78)69-66-63-60-57-54-21-18-15-12-9-6-3)83-77(80)71-68-65-62-59-56-53-51-49-47-45-43-40-35-33-31-29-27-25-23-20-17-14-11-8-5-2/h8,11,15,17-18,20,22,24-25,27-28,30-31,33,40,43,47,49,74H,4-7,9-10,12-14,16,19,21,23,26,29,32,34-39,41-42,44-46,48,50-73H2,1-3H3/b11-8-,18-15-,20-17-,24-22-,27-25-,30-28-,33-31-,43-40-,49-47-. The third kappa shape index (κ3) is 68.7. The van der Waals surface area contributed by atoms with Gasteiger partial charge >= 0.3 is 17.9 Å². The van der Waals surface area contributed by atoms with Gasteiger partial charge in [-0.15, -0.1) is 0 Å². The second-order valence-corrected chi connectivity index (χ2v) is 23.4. The summed E-state index contributed by atoms with van der Waals surface area (Å²) in [5.41, 5.74) is 0. The van der Waals surface area contributed by atoms with Gasteiger partial charge in [-0.3, -0.25) is 14.4 Å². The van der Waals surface area contributed by atoms with Gasteiger partial charge in [-0.2, -0.15) is 0 Å². The summed E-state index contributed by atoms with van der Waals surface area (Å²) >= 11 is 0. The molecule has 0 aliphatic carbocycles. The van der Waals surface area contributed by atoms with E-state index in [1.54, 1.807) is 0 Å². The van der Waals surface area contributed by atoms with E-state index >= 15 is 0 Å². The first kappa shape index (κ1) is 79.1. The van der Waals surface area contributed by atoms with Crippen molar-refractivity contribution in [3.63, 3.8) is 0 Å². The largest absolute Gasteiger partial charge is 0.462 e. The van der Waals surface area contributed by atoms with Crippen LogP contribution in [0.25, 0.3) is 0 Å². The lowest BCUT2D eigenvalue weighted by atomic mass is 10.0. The van der Waals surface area contributed by atoms with Gasteiger partial charge in [0.15, 0.2) is 6.10 Å². The van der Waals surface area contributed by atoms with Crippen molar-refractivity contribution in [1.82, 2.24) is 0 Å². The highest BCUT2D eigenvalue weighted by atomic mass is 16.6. The number of hydrogen-bond acceptors (Lipinski definition) is 6. The zero-order chi connectivity index (χ0) is 59.9. The zero-order valence-corrected chi connectivity index (χ0v) is 54.7. The summed E-state index contributed by atoms with van der Waals surface area (Å²) in [6.45, 7) is 6.49. The molecule has 0 saturated heterocycles. The SMILES string of the molecule is CC/C=C\C/C=C\C/C=C\C/C=C\C/C=C\C/C=C\CCCCCCCCC(=O)OC(COC(=O)CCCCCCC/C=C\CCCC)COC(=O)CCCCCCCCCCCCCCCCCCC/C=C\C/C=C\CCCCCCC. The van der Waals surface area contributed by atoms with Crippen LogP contribution in [0.5, 0.6) is 0 Å². The quantitative estimate of drug-likeness (QED) is 0.0261. The molecule has 0 aliphatic heterocycles. The maximum absolute atomic E-state index is 12.9. The molecule has 0 N–H and O–H groups in total. The van der Waals surface area contributed by atoms with Gasteiger partial charge in [0.2, 0.25) is 0 Å². The number of hydrogen-bond donors (Lipinski definition) is 0. The number of unbranched alkanes of at least 4 members (excludes halogenated alkanes) is 35. The number of esters is 3. The zero-order valence-electron chi connectivity index (χ0n) is 54.7. The Labute approximate surface area is 514 Å². The van der Waals surface area contributed by atoms with Gasteiger partial charge in [-0.05, 0) is 122 Å². The summed E-state index contributed by atoms with van der Waals surface area (Å²) in [5.74, 6) is -0.899. The van der Waals surface area contributed by atoms with E-state index in [0.717, 1.165) is 122 Å². The van der Waals surface area contributed by atoms with Gasteiger partial charge in [-0.1, -0.05) is 310 Å². The number of allylic oxidation sites excluding steroid dienone is 18. The van der Waals surface area contributed by atoms with Crippen LogP contribution in [0.15, 0.2) is 109 Å². The predicted octanol–water partition coefficient (Wildman–Crippen LogP) is 24.6. The molecule has 476 valence electrons. The summed E-state index contributed by atoms with van der Waals surface area (Å²) in [6.07, 6.45) is 96.9. The topological polar surface area (TPSA) is 78.9 Å². The van der Waals surface area contributed by atoms with E-state index in [-0.39, 0.29) is 31.1 Å². The van der Waals surface area contributed by atoms with Gasteiger partial charge in [0.05, 0.1) is 0 Å². The highest BCUT2D eigenvalue weighted by molar-refractivity contribution is 5.71. The first-order chi connectivity index (χ1) is 41.0. The van der Waals surface area contributed by atoms with E-state index in [9.17, 15) is 14.4 Å². The maximum atomic E-state index is 12.9. The molecular formula is C77H132O6. The molecule has 0 aromatic heterocycles. The number of rotatable bonds is 64. The monoisotopic (exact) mass is 1150 g/mol. The van der Waals surface area contributed by atoms with Crippen molar-refractivity contribution in [2.24, 2.45) is 0 Å². The van der Waals surface area contributed by atoms with Crippen molar-refractivity contribution in [1.29, 1.82) is 0 Å². The summed E-state index contributed by atoms with van der Waals surface area (Å²) in [7, 11) is 0. The Balaban J connectivity index is 4.24. The molecule has 0 spiro atoms. The first-order valence-electron chi connectivity index (χ1n) is 35.4. The third-order valence-corrected chi connectivity index (χ3v) is 15.2. The van der Waals surface area contributed by atoms with E-state index in [0.29, 0.717) is 19.3 Å². The summed E-state index contributed by atoms with van der Waals surface area (Å²) in [4.78, 5) is 38.4. The Bertz CT molecular complexity index is 1660. The Morgan fingerprint density at radius 1 is 0.253 bits per heavy atom. The number of carbonyl (C=O) groups excluding carboxylic acids is 3. The van der Waals surface area contributed by atoms with E-state index in [1.165, 1.54) is 180 Å². The maximum Gasteiger partial charge on any atom is 0.306 e. The van der Waals surface area contributed by atoms with E-state index < -0.39 is 6.10 Å². The van der Waals surface area contributed by atoms with E-state index in [4.69, 9.17) is 14.2 Å². The fourth-order valence-corrected chi connectivity index (χ4v) is 9.93. The molecule has 0 aromatic carbocycles. The minimum Gasteiger partial charge on any atom is -0.462 e. The molecule has 0 aromatic rings.